The van der Waals surface area contributed by atoms with Crippen molar-refractivity contribution >= 4 is 34.5 Å². The van der Waals surface area contributed by atoms with Crippen molar-refractivity contribution in [3.63, 3.8) is 0 Å². The summed E-state index contributed by atoms with van der Waals surface area (Å²) in [6.45, 7) is 5.37. The molecule has 1 aromatic rings. The fourth-order valence-electron chi connectivity index (χ4n) is 2.52. The van der Waals surface area contributed by atoms with Gasteiger partial charge in [0.1, 0.15) is 4.99 Å². The summed E-state index contributed by atoms with van der Waals surface area (Å²) in [5.74, 6) is 0. The van der Waals surface area contributed by atoms with Gasteiger partial charge < -0.3 is 10.6 Å². The SMILES string of the molecule is CCC1CN(c2ccc(C(N)=S)c(Cl)c2)CCN1C. The van der Waals surface area contributed by atoms with Crippen molar-refractivity contribution in [3.05, 3.63) is 28.8 Å². The highest BCUT2D eigenvalue weighted by Crippen LogP contribution is 2.26. The lowest BCUT2D eigenvalue weighted by molar-refractivity contribution is 0.213. The standard InChI is InChI=1S/C14H20ClN3S/c1-3-10-9-18(7-6-17(10)2)11-4-5-12(14(16)19)13(15)8-11/h4-5,8,10H,3,6-7,9H2,1-2H3,(H2,16,19). The summed E-state index contributed by atoms with van der Waals surface area (Å²) < 4.78 is 0. The molecule has 0 bridgehead atoms. The van der Waals surface area contributed by atoms with E-state index in [1.165, 1.54) is 0 Å². The molecule has 1 fully saturated rings. The molecule has 1 aliphatic rings. The molecule has 1 atom stereocenters. The molecule has 3 nitrogen and oxygen atoms in total. The van der Waals surface area contributed by atoms with Crippen LogP contribution in [-0.2, 0) is 0 Å². The smallest absolute Gasteiger partial charge is 0.105 e. The van der Waals surface area contributed by atoms with Crippen LogP contribution in [0, 0.1) is 0 Å². The van der Waals surface area contributed by atoms with Gasteiger partial charge in [0.2, 0.25) is 0 Å². The quantitative estimate of drug-likeness (QED) is 0.869. The zero-order chi connectivity index (χ0) is 14.0. The van der Waals surface area contributed by atoms with E-state index in [9.17, 15) is 0 Å². The molecule has 1 saturated heterocycles. The monoisotopic (exact) mass is 297 g/mol. The maximum absolute atomic E-state index is 6.24. The average molecular weight is 298 g/mol. The number of likely N-dealkylation sites (N-methyl/N-ethyl adjacent to an activating group) is 1. The van der Waals surface area contributed by atoms with E-state index in [0.717, 1.165) is 37.3 Å². The first kappa shape index (κ1) is 14.6. The van der Waals surface area contributed by atoms with Crippen LogP contribution >= 0.6 is 23.8 Å². The van der Waals surface area contributed by atoms with E-state index in [-0.39, 0.29) is 0 Å². The third-order valence-corrected chi connectivity index (χ3v) is 4.36. The van der Waals surface area contributed by atoms with Crippen molar-refractivity contribution in [1.82, 2.24) is 4.90 Å². The van der Waals surface area contributed by atoms with Crippen LogP contribution in [0.15, 0.2) is 18.2 Å². The summed E-state index contributed by atoms with van der Waals surface area (Å²) in [7, 11) is 2.19. The molecule has 5 heteroatoms. The molecule has 2 N–H and O–H groups in total. The second-order valence-corrected chi connectivity index (χ2v) is 5.86. The van der Waals surface area contributed by atoms with Crippen LogP contribution in [0.2, 0.25) is 5.02 Å². The number of piperazine rings is 1. The number of hydrogen-bond acceptors (Lipinski definition) is 3. The highest BCUT2D eigenvalue weighted by molar-refractivity contribution is 7.80. The number of nitrogens with two attached hydrogens (primary N) is 1. The van der Waals surface area contributed by atoms with Gasteiger partial charge in [-0.25, -0.2) is 0 Å². The topological polar surface area (TPSA) is 32.5 Å². The van der Waals surface area contributed by atoms with Crippen molar-refractivity contribution in [2.24, 2.45) is 5.73 Å². The number of halogens is 1. The molecular weight excluding hydrogens is 278 g/mol. The first-order valence-corrected chi connectivity index (χ1v) is 7.36. The van der Waals surface area contributed by atoms with E-state index in [1.807, 2.05) is 12.1 Å². The minimum Gasteiger partial charge on any atom is -0.389 e. The van der Waals surface area contributed by atoms with Gasteiger partial charge in [0.05, 0.1) is 5.02 Å². The van der Waals surface area contributed by atoms with E-state index in [4.69, 9.17) is 29.6 Å². The van der Waals surface area contributed by atoms with Gasteiger partial charge in [-0.1, -0.05) is 30.7 Å². The normalized spacial score (nSPS) is 20.6. The first-order chi connectivity index (χ1) is 9.02. The minimum atomic E-state index is 0.348. The Hall–Kier alpha value is -0.840. The van der Waals surface area contributed by atoms with E-state index in [0.29, 0.717) is 16.1 Å². The van der Waals surface area contributed by atoms with Gasteiger partial charge in [0, 0.05) is 36.9 Å². The Morgan fingerprint density at radius 2 is 2.21 bits per heavy atom. The molecule has 1 unspecified atom stereocenters. The molecule has 19 heavy (non-hydrogen) atoms. The molecule has 0 amide bonds. The number of thiocarbonyl (C=S) groups is 1. The average Bonchev–Trinajstić information content (AvgIpc) is 2.38. The predicted octanol–water partition coefficient (Wildman–Crippen LogP) is 2.50. The molecule has 2 rings (SSSR count). The van der Waals surface area contributed by atoms with Crippen molar-refractivity contribution in [2.45, 2.75) is 19.4 Å². The summed E-state index contributed by atoms with van der Waals surface area (Å²) in [6.07, 6.45) is 1.16. The third kappa shape index (κ3) is 3.19. The van der Waals surface area contributed by atoms with Gasteiger partial charge in [-0.05, 0) is 31.7 Å². The highest BCUT2D eigenvalue weighted by atomic mass is 35.5. The van der Waals surface area contributed by atoms with Crippen LogP contribution in [0.3, 0.4) is 0 Å². The molecule has 1 aliphatic heterocycles. The molecule has 0 aliphatic carbocycles. The number of rotatable bonds is 3. The molecule has 104 valence electrons. The Bertz CT molecular complexity index is 478. The van der Waals surface area contributed by atoms with Gasteiger partial charge in [0.15, 0.2) is 0 Å². The summed E-state index contributed by atoms with van der Waals surface area (Å²) in [5.41, 5.74) is 7.53. The van der Waals surface area contributed by atoms with Crippen LogP contribution in [0.5, 0.6) is 0 Å². The Morgan fingerprint density at radius 1 is 1.47 bits per heavy atom. The minimum absolute atomic E-state index is 0.348. The second kappa shape index (κ2) is 6.07. The van der Waals surface area contributed by atoms with Gasteiger partial charge in [-0.15, -0.1) is 0 Å². The second-order valence-electron chi connectivity index (χ2n) is 5.02. The van der Waals surface area contributed by atoms with Gasteiger partial charge in [0.25, 0.3) is 0 Å². The van der Waals surface area contributed by atoms with Crippen molar-refractivity contribution in [1.29, 1.82) is 0 Å². The van der Waals surface area contributed by atoms with Crippen molar-refractivity contribution in [2.75, 3.05) is 31.6 Å². The number of benzene rings is 1. The summed E-state index contributed by atoms with van der Waals surface area (Å²) in [6, 6.07) is 6.54. The number of nitrogens with zero attached hydrogens (tertiary/aromatic N) is 2. The predicted molar refractivity (Wildman–Crippen MR) is 86.3 cm³/mol. The van der Waals surface area contributed by atoms with Crippen LogP contribution in [0.4, 0.5) is 5.69 Å². The zero-order valence-corrected chi connectivity index (χ0v) is 13.0. The van der Waals surface area contributed by atoms with E-state index >= 15 is 0 Å². The third-order valence-electron chi connectivity index (χ3n) is 3.83. The first-order valence-electron chi connectivity index (χ1n) is 6.57. The summed E-state index contributed by atoms with van der Waals surface area (Å²) >= 11 is 11.2. The number of anilines is 1. The van der Waals surface area contributed by atoms with Crippen molar-refractivity contribution in [3.8, 4) is 0 Å². The summed E-state index contributed by atoms with van der Waals surface area (Å²) in [5, 5.41) is 0.636. The van der Waals surface area contributed by atoms with E-state index < -0.39 is 0 Å². The Kier molecular flexibility index (Phi) is 4.66. The molecular formula is C14H20ClN3S. The van der Waals surface area contributed by atoms with Crippen molar-refractivity contribution < 1.29 is 0 Å². The lowest BCUT2D eigenvalue weighted by atomic mass is 10.1. The highest BCUT2D eigenvalue weighted by Gasteiger charge is 2.23. The summed E-state index contributed by atoms with van der Waals surface area (Å²) in [4.78, 5) is 5.14. The van der Waals surface area contributed by atoms with Crippen LogP contribution in [0.25, 0.3) is 0 Å². The maximum atomic E-state index is 6.24. The Balaban J connectivity index is 2.18. The maximum Gasteiger partial charge on any atom is 0.105 e. The Labute approximate surface area is 125 Å². The fraction of sp³-hybridized carbons (Fsp3) is 0.500. The molecule has 1 aromatic carbocycles. The molecule has 0 spiro atoms. The Morgan fingerprint density at radius 3 is 2.79 bits per heavy atom. The zero-order valence-electron chi connectivity index (χ0n) is 11.4. The molecule has 1 heterocycles. The van der Waals surface area contributed by atoms with Crippen LogP contribution in [0.1, 0.15) is 18.9 Å². The lowest BCUT2D eigenvalue weighted by Gasteiger charge is -2.40. The van der Waals surface area contributed by atoms with Gasteiger partial charge >= 0.3 is 0 Å². The van der Waals surface area contributed by atoms with Crippen LogP contribution in [-0.4, -0.2) is 42.6 Å². The molecule has 0 saturated carbocycles. The molecule has 0 radical (unpaired) electrons. The van der Waals surface area contributed by atoms with E-state index in [1.54, 1.807) is 0 Å². The van der Waals surface area contributed by atoms with Crippen LogP contribution < -0.4 is 10.6 Å². The van der Waals surface area contributed by atoms with Gasteiger partial charge in [-0.2, -0.15) is 0 Å². The number of hydrogen-bond donors (Lipinski definition) is 1. The molecule has 0 aromatic heterocycles. The lowest BCUT2D eigenvalue weighted by Crippen LogP contribution is -2.51. The van der Waals surface area contributed by atoms with Gasteiger partial charge in [-0.3, -0.25) is 4.90 Å². The fourth-order valence-corrected chi connectivity index (χ4v) is 3.03. The van der Waals surface area contributed by atoms with E-state index in [2.05, 4.69) is 29.8 Å². The largest absolute Gasteiger partial charge is 0.389 e.